The fourth-order valence-corrected chi connectivity index (χ4v) is 3.51. The van der Waals surface area contributed by atoms with Gasteiger partial charge in [-0.15, -0.1) is 0 Å². The summed E-state index contributed by atoms with van der Waals surface area (Å²) in [4.78, 5) is 16.6. The van der Waals surface area contributed by atoms with E-state index in [0.717, 1.165) is 38.0 Å². The van der Waals surface area contributed by atoms with E-state index in [2.05, 4.69) is 24.0 Å². The summed E-state index contributed by atoms with van der Waals surface area (Å²) in [5.41, 5.74) is 2.39. The molecule has 1 fully saturated rings. The third-order valence-electron chi connectivity index (χ3n) is 4.52. The number of carbonyl (C=O) groups is 1. The van der Waals surface area contributed by atoms with Crippen molar-refractivity contribution in [2.75, 3.05) is 24.5 Å². The SMILES string of the molecule is [CH2]C(O)CN1CCC(N2C(=O)CCc3ccccc32)CC1. The molecule has 4 nitrogen and oxygen atoms in total. The van der Waals surface area contributed by atoms with E-state index in [1.807, 2.05) is 17.0 Å². The van der Waals surface area contributed by atoms with Crippen molar-refractivity contribution < 1.29 is 9.90 Å². The highest BCUT2D eigenvalue weighted by atomic mass is 16.3. The highest BCUT2D eigenvalue weighted by Gasteiger charge is 2.32. The quantitative estimate of drug-likeness (QED) is 0.919. The van der Waals surface area contributed by atoms with Gasteiger partial charge in [0.05, 0.1) is 6.10 Å². The number of aliphatic hydroxyl groups is 1. The Morgan fingerprint density at radius 2 is 1.95 bits per heavy atom. The van der Waals surface area contributed by atoms with E-state index in [1.54, 1.807) is 0 Å². The van der Waals surface area contributed by atoms with Crippen LogP contribution < -0.4 is 4.90 Å². The van der Waals surface area contributed by atoms with Gasteiger partial charge in [-0.2, -0.15) is 0 Å². The van der Waals surface area contributed by atoms with Crippen molar-refractivity contribution in [3.63, 3.8) is 0 Å². The lowest BCUT2D eigenvalue weighted by molar-refractivity contribution is -0.119. The second kappa shape index (κ2) is 6.16. The van der Waals surface area contributed by atoms with Crippen LogP contribution in [0.1, 0.15) is 24.8 Å². The zero-order chi connectivity index (χ0) is 14.8. The third kappa shape index (κ3) is 3.11. The second-order valence-corrected chi connectivity index (χ2v) is 6.08. The molecule has 2 aliphatic heterocycles. The number of amides is 1. The zero-order valence-corrected chi connectivity index (χ0v) is 12.4. The maximum atomic E-state index is 12.4. The van der Waals surface area contributed by atoms with Gasteiger partial charge in [0.1, 0.15) is 0 Å². The largest absolute Gasteiger partial charge is 0.392 e. The number of hydrogen-bond acceptors (Lipinski definition) is 3. The van der Waals surface area contributed by atoms with E-state index in [1.165, 1.54) is 5.56 Å². The van der Waals surface area contributed by atoms with Crippen molar-refractivity contribution in [3.05, 3.63) is 36.8 Å². The molecule has 0 saturated carbocycles. The number of nitrogens with zero attached hydrogens (tertiary/aromatic N) is 2. The maximum Gasteiger partial charge on any atom is 0.227 e. The molecule has 1 atom stereocenters. The highest BCUT2D eigenvalue weighted by molar-refractivity contribution is 5.97. The van der Waals surface area contributed by atoms with Gasteiger partial charge in [0, 0.05) is 37.8 Å². The average Bonchev–Trinajstić information content (AvgIpc) is 2.48. The number of fused-ring (bicyclic) bond motifs is 1. The molecule has 1 radical (unpaired) electrons. The summed E-state index contributed by atoms with van der Waals surface area (Å²) in [6.07, 6.45) is 2.88. The first kappa shape index (κ1) is 14.5. The van der Waals surface area contributed by atoms with E-state index in [-0.39, 0.29) is 11.9 Å². The molecule has 21 heavy (non-hydrogen) atoms. The molecule has 1 N–H and O–H groups in total. The molecule has 1 aromatic rings. The third-order valence-corrected chi connectivity index (χ3v) is 4.52. The van der Waals surface area contributed by atoms with Crippen LogP contribution in [0, 0.1) is 6.92 Å². The zero-order valence-electron chi connectivity index (χ0n) is 12.4. The average molecular weight is 287 g/mol. The lowest BCUT2D eigenvalue weighted by Gasteiger charge is -2.41. The minimum Gasteiger partial charge on any atom is -0.392 e. The number of piperidine rings is 1. The standard InChI is InChI=1S/C17H23N2O2/c1-13(20)12-18-10-8-15(9-11-18)19-16-5-3-2-4-14(16)6-7-17(19)21/h2-5,13,15,20H,1,6-12H2. The van der Waals surface area contributed by atoms with Gasteiger partial charge in [-0.1, -0.05) is 18.2 Å². The monoisotopic (exact) mass is 287 g/mol. The molecule has 2 heterocycles. The molecule has 2 aliphatic rings. The number of rotatable bonds is 3. The number of anilines is 1. The Labute approximate surface area is 126 Å². The molecule has 4 heteroatoms. The van der Waals surface area contributed by atoms with Gasteiger partial charge < -0.3 is 14.9 Å². The van der Waals surface area contributed by atoms with Crippen LogP contribution in [0.25, 0.3) is 0 Å². The molecule has 3 rings (SSSR count). The molecule has 0 aliphatic carbocycles. The highest BCUT2D eigenvalue weighted by Crippen LogP contribution is 2.32. The summed E-state index contributed by atoms with van der Waals surface area (Å²) in [5.74, 6) is 0.254. The fourth-order valence-electron chi connectivity index (χ4n) is 3.51. The lowest BCUT2D eigenvalue weighted by Crippen LogP contribution is -2.50. The fraction of sp³-hybridized carbons (Fsp3) is 0.529. The topological polar surface area (TPSA) is 43.8 Å². The van der Waals surface area contributed by atoms with Crippen LogP contribution in [0.3, 0.4) is 0 Å². The summed E-state index contributed by atoms with van der Waals surface area (Å²) in [7, 11) is 0. The molecule has 0 spiro atoms. The number of β-amino-alcohol motifs (C(OH)–C–C–N with tert-alkyl or cyclic N) is 1. The molecule has 1 unspecified atom stereocenters. The Morgan fingerprint density at radius 3 is 2.67 bits per heavy atom. The molecule has 1 saturated heterocycles. The van der Waals surface area contributed by atoms with Crippen LogP contribution in [0.5, 0.6) is 0 Å². The number of benzene rings is 1. The smallest absolute Gasteiger partial charge is 0.227 e. The van der Waals surface area contributed by atoms with Crippen LogP contribution in [0.2, 0.25) is 0 Å². The predicted molar refractivity (Wildman–Crippen MR) is 83.1 cm³/mol. The number of likely N-dealkylation sites (tertiary alicyclic amines) is 1. The van der Waals surface area contributed by atoms with Crippen LogP contribution in [0.4, 0.5) is 5.69 Å². The Morgan fingerprint density at radius 1 is 1.24 bits per heavy atom. The second-order valence-electron chi connectivity index (χ2n) is 6.08. The number of hydrogen-bond donors (Lipinski definition) is 1. The summed E-state index contributed by atoms with van der Waals surface area (Å²) >= 11 is 0. The van der Waals surface area contributed by atoms with Crippen LogP contribution in [-0.2, 0) is 11.2 Å². The number of para-hydroxylation sites is 1. The van der Waals surface area contributed by atoms with Crippen molar-refractivity contribution in [2.24, 2.45) is 0 Å². The van der Waals surface area contributed by atoms with Crippen LogP contribution >= 0.6 is 0 Å². The van der Waals surface area contributed by atoms with Gasteiger partial charge in [-0.3, -0.25) is 4.79 Å². The van der Waals surface area contributed by atoms with Crippen molar-refractivity contribution in [1.82, 2.24) is 4.90 Å². The Hall–Kier alpha value is -1.39. The molecular formula is C17H23N2O2. The van der Waals surface area contributed by atoms with Crippen molar-refractivity contribution in [3.8, 4) is 0 Å². The van der Waals surface area contributed by atoms with Crippen LogP contribution in [0.15, 0.2) is 24.3 Å². The van der Waals surface area contributed by atoms with Crippen molar-refractivity contribution in [2.45, 2.75) is 37.8 Å². The van der Waals surface area contributed by atoms with E-state index < -0.39 is 6.10 Å². The van der Waals surface area contributed by atoms with Gasteiger partial charge in [-0.25, -0.2) is 0 Å². The Balaban J connectivity index is 1.72. The predicted octanol–water partition coefficient (Wildman–Crippen LogP) is 1.63. The first-order chi connectivity index (χ1) is 10.1. The van der Waals surface area contributed by atoms with E-state index in [9.17, 15) is 9.90 Å². The van der Waals surface area contributed by atoms with Gasteiger partial charge in [0.2, 0.25) is 5.91 Å². The number of carbonyl (C=O) groups excluding carboxylic acids is 1. The number of aryl methyl sites for hydroxylation is 1. The van der Waals surface area contributed by atoms with E-state index in [0.29, 0.717) is 13.0 Å². The molecule has 0 aromatic heterocycles. The molecular weight excluding hydrogens is 264 g/mol. The summed E-state index contributed by atoms with van der Waals surface area (Å²) in [6.45, 7) is 6.09. The molecule has 113 valence electrons. The maximum absolute atomic E-state index is 12.4. The van der Waals surface area contributed by atoms with E-state index >= 15 is 0 Å². The minimum absolute atomic E-state index is 0.254. The van der Waals surface area contributed by atoms with Crippen molar-refractivity contribution >= 4 is 11.6 Å². The van der Waals surface area contributed by atoms with E-state index in [4.69, 9.17) is 0 Å². The minimum atomic E-state index is -0.529. The summed E-state index contributed by atoms with van der Waals surface area (Å²) < 4.78 is 0. The van der Waals surface area contributed by atoms with Gasteiger partial charge >= 0.3 is 0 Å². The summed E-state index contributed by atoms with van der Waals surface area (Å²) in [5, 5.41) is 9.37. The normalized spacial score (nSPS) is 22.2. The first-order valence-corrected chi connectivity index (χ1v) is 7.78. The summed E-state index contributed by atoms with van der Waals surface area (Å²) in [6, 6.07) is 8.54. The molecule has 0 bridgehead atoms. The lowest BCUT2D eigenvalue weighted by atomic mass is 9.95. The molecule has 1 aromatic carbocycles. The Kier molecular flexibility index (Phi) is 4.27. The van der Waals surface area contributed by atoms with Gasteiger partial charge in [-0.05, 0) is 37.8 Å². The first-order valence-electron chi connectivity index (χ1n) is 7.78. The molecule has 1 amide bonds. The van der Waals surface area contributed by atoms with Gasteiger partial charge in [0.25, 0.3) is 0 Å². The van der Waals surface area contributed by atoms with Crippen molar-refractivity contribution in [1.29, 1.82) is 0 Å². The Bertz CT molecular complexity index is 507. The number of aliphatic hydroxyl groups excluding tert-OH is 1. The van der Waals surface area contributed by atoms with Gasteiger partial charge in [0.15, 0.2) is 0 Å². The van der Waals surface area contributed by atoms with Crippen LogP contribution in [-0.4, -0.2) is 47.7 Å².